The van der Waals surface area contributed by atoms with Crippen LogP contribution in [0.5, 0.6) is 11.5 Å². The number of anilines is 3. The molecular weight excluding hydrogens is 441 g/mol. The van der Waals surface area contributed by atoms with Crippen molar-refractivity contribution in [2.75, 3.05) is 4.90 Å². The molecule has 5 rings (SSSR count). The summed E-state index contributed by atoms with van der Waals surface area (Å²) in [5.41, 5.74) is 3.23. The molecule has 0 aromatic heterocycles. The predicted molar refractivity (Wildman–Crippen MR) is 125 cm³/mol. The lowest BCUT2D eigenvalue weighted by molar-refractivity contribution is 0.00578. The van der Waals surface area contributed by atoms with E-state index in [9.17, 15) is 0 Å². The lowest BCUT2D eigenvalue weighted by Gasteiger charge is -2.33. The van der Waals surface area contributed by atoms with E-state index in [0.29, 0.717) is 0 Å². The van der Waals surface area contributed by atoms with Gasteiger partial charge >= 0.3 is 7.12 Å². The minimum Gasteiger partial charge on any atom is -0.453 e. The van der Waals surface area contributed by atoms with Crippen LogP contribution in [0.15, 0.2) is 71.2 Å². The quantitative estimate of drug-likeness (QED) is 0.325. The van der Waals surface area contributed by atoms with Crippen molar-refractivity contribution in [2.45, 2.75) is 38.9 Å². The molecule has 6 heteroatoms. The number of para-hydroxylation sites is 1. The van der Waals surface area contributed by atoms with Crippen molar-refractivity contribution in [3.63, 3.8) is 0 Å². The fourth-order valence-corrected chi connectivity index (χ4v) is 4.12. The van der Waals surface area contributed by atoms with Crippen LogP contribution >= 0.6 is 15.9 Å². The number of ether oxygens (including phenoxy) is 1. The maximum atomic E-state index is 6.33. The standard InChI is InChI=1S/C24H23BBrNO3/c1-23(2)24(3,4)30-25(29-23)16-10-12-19-21(14-16)28-22-15-17(26)11-13-20(22)27(19)18-8-6-5-7-9-18/h5-15H,1-4H3. The van der Waals surface area contributed by atoms with E-state index in [-0.39, 0.29) is 11.2 Å². The first-order valence-electron chi connectivity index (χ1n) is 10.1. The Morgan fingerprint density at radius 1 is 0.767 bits per heavy atom. The highest BCUT2D eigenvalue weighted by Gasteiger charge is 2.52. The summed E-state index contributed by atoms with van der Waals surface area (Å²) < 4.78 is 19.8. The van der Waals surface area contributed by atoms with Gasteiger partial charge in [0.2, 0.25) is 0 Å². The normalized spacial score (nSPS) is 18.6. The van der Waals surface area contributed by atoms with Crippen molar-refractivity contribution in [2.24, 2.45) is 0 Å². The summed E-state index contributed by atoms with van der Waals surface area (Å²) in [6.45, 7) is 8.25. The smallest absolute Gasteiger partial charge is 0.453 e. The number of rotatable bonds is 2. The Kier molecular flexibility index (Phi) is 4.51. The van der Waals surface area contributed by atoms with E-state index < -0.39 is 7.12 Å². The summed E-state index contributed by atoms with van der Waals surface area (Å²) in [7, 11) is -0.432. The molecule has 0 radical (unpaired) electrons. The third kappa shape index (κ3) is 3.14. The topological polar surface area (TPSA) is 30.9 Å². The molecule has 3 aromatic rings. The average Bonchev–Trinajstić information content (AvgIpc) is 2.93. The number of hydrogen-bond donors (Lipinski definition) is 0. The van der Waals surface area contributed by atoms with Crippen LogP contribution in [0.2, 0.25) is 0 Å². The second-order valence-electron chi connectivity index (χ2n) is 8.70. The first-order valence-corrected chi connectivity index (χ1v) is 10.9. The van der Waals surface area contributed by atoms with E-state index in [2.05, 4.69) is 78.9 Å². The molecule has 0 unspecified atom stereocenters. The van der Waals surface area contributed by atoms with E-state index in [1.807, 2.05) is 36.4 Å². The van der Waals surface area contributed by atoms with Gasteiger partial charge in [-0.15, -0.1) is 0 Å². The minimum atomic E-state index is -0.432. The Labute approximate surface area is 186 Å². The Balaban J connectivity index is 1.60. The van der Waals surface area contributed by atoms with Crippen LogP contribution in [0.4, 0.5) is 17.1 Å². The lowest BCUT2D eigenvalue weighted by atomic mass is 9.79. The molecule has 2 heterocycles. The Morgan fingerprint density at radius 3 is 2.03 bits per heavy atom. The SMILES string of the molecule is CC1(C)OB(c2ccc3c(c2)Oc2cc(Br)ccc2N3c2ccccc2)OC1(C)C. The van der Waals surface area contributed by atoms with Gasteiger partial charge in [-0.1, -0.05) is 40.2 Å². The van der Waals surface area contributed by atoms with Gasteiger partial charge in [-0.05, 0) is 75.6 Å². The molecule has 0 atom stereocenters. The van der Waals surface area contributed by atoms with Crippen LogP contribution < -0.4 is 15.1 Å². The molecule has 2 aliphatic rings. The Hall–Kier alpha value is -2.28. The molecule has 0 amide bonds. The Bertz CT molecular complexity index is 1100. The van der Waals surface area contributed by atoms with Crippen LogP contribution in [0.3, 0.4) is 0 Å². The maximum absolute atomic E-state index is 6.33. The van der Waals surface area contributed by atoms with E-state index in [0.717, 1.165) is 38.5 Å². The number of hydrogen-bond acceptors (Lipinski definition) is 4. The van der Waals surface area contributed by atoms with Crippen molar-refractivity contribution in [3.8, 4) is 11.5 Å². The summed E-state index contributed by atoms with van der Waals surface area (Å²) in [6.07, 6.45) is 0. The second kappa shape index (κ2) is 6.87. The molecule has 0 aliphatic carbocycles. The van der Waals surface area contributed by atoms with Crippen molar-refractivity contribution in [3.05, 3.63) is 71.2 Å². The first-order chi connectivity index (χ1) is 14.2. The van der Waals surface area contributed by atoms with Gasteiger partial charge < -0.3 is 18.9 Å². The van der Waals surface area contributed by atoms with Crippen LogP contribution in [-0.2, 0) is 9.31 Å². The van der Waals surface area contributed by atoms with Gasteiger partial charge in [-0.3, -0.25) is 0 Å². The van der Waals surface area contributed by atoms with E-state index >= 15 is 0 Å². The van der Waals surface area contributed by atoms with Crippen LogP contribution in [0.25, 0.3) is 0 Å². The highest BCUT2D eigenvalue weighted by Crippen LogP contribution is 2.50. The predicted octanol–water partition coefficient (Wildman–Crippen LogP) is 6.32. The van der Waals surface area contributed by atoms with Gasteiger partial charge in [-0.25, -0.2) is 0 Å². The van der Waals surface area contributed by atoms with E-state index in [1.165, 1.54) is 0 Å². The second-order valence-corrected chi connectivity index (χ2v) is 9.62. The van der Waals surface area contributed by atoms with Gasteiger partial charge in [0.25, 0.3) is 0 Å². The van der Waals surface area contributed by atoms with Crippen LogP contribution in [0, 0.1) is 0 Å². The van der Waals surface area contributed by atoms with E-state index in [4.69, 9.17) is 14.0 Å². The van der Waals surface area contributed by atoms with Gasteiger partial charge in [0, 0.05) is 10.2 Å². The molecule has 4 nitrogen and oxygen atoms in total. The van der Waals surface area contributed by atoms with Crippen LogP contribution in [-0.4, -0.2) is 18.3 Å². The number of halogens is 1. The first kappa shape index (κ1) is 19.7. The zero-order valence-corrected chi connectivity index (χ0v) is 19.1. The molecular formula is C24H23BBrNO3. The summed E-state index contributed by atoms with van der Waals surface area (Å²) in [4.78, 5) is 2.22. The fourth-order valence-electron chi connectivity index (χ4n) is 3.78. The molecule has 0 N–H and O–H groups in total. The van der Waals surface area contributed by atoms with Crippen molar-refractivity contribution >= 4 is 45.6 Å². The highest BCUT2D eigenvalue weighted by atomic mass is 79.9. The van der Waals surface area contributed by atoms with Gasteiger partial charge in [-0.2, -0.15) is 0 Å². The summed E-state index contributed by atoms with van der Waals surface area (Å²) in [6, 6.07) is 22.6. The van der Waals surface area contributed by atoms with Gasteiger partial charge in [0.15, 0.2) is 11.5 Å². The molecule has 1 saturated heterocycles. The third-order valence-corrected chi connectivity index (χ3v) is 6.64. The van der Waals surface area contributed by atoms with Gasteiger partial charge in [0.1, 0.15) is 0 Å². The molecule has 152 valence electrons. The summed E-state index contributed by atoms with van der Waals surface area (Å²) in [5, 5.41) is 0. The molecule has 0 spiro atoms. The highest BCUT2D eigenvalue weighted by molar-refractivity contribution is 9.10. The van der Waals surface area contributed by atoms with Gasteiger partial charge in [0.05, 0.1) is 22.6 Å². The molecule has 2 aliphatic heterocycles. The monoisotopic (exact) mass is 463 g/mol. The van der Waals surface area contributed by atoms with Crippen molar-refractivity contribution in [1.29, 1.82) is 0 Å². The summed E-state index contributed by atoms with van der Waals surface area (Å²) in [5.74, 6) is 1.57. The van der Waals surface area contributed by atoms with Crippen molar-refractivity contribution in [1.82, 2.24) is 0 Å². The lowest BCUT2D eigenvalue weighted by Crippen LogP contribution is -2.41. The van der Waals surface area contributed by atoms with Crippen molar-refractivity contribution < 1.29 is 14.0 Å². The molecule has 30 heavy (non-hydrogen) atoms. The van der Waals surface area contributed by atoms with Crippen LogP contribution in [0.1, 0.15) is 27.7 Å². The molecule has 0 bridgehead atoms. The molecule has 3 aromatic carbocycles. The maximum Gasteiger partial charge on any atom is 0.494 e. The zero-order chi connectivity index (χ0) is 21.1. The Morgan fingerprint density at radius 2 is 1.37 bits per heavy atom. The summed E-state index contributed by atoms with van der Waals surface area (Å²) >= 11 is 3.56. The molecule has 0 saturated carbocycles. The number of benzene rings is 3. The zero-order valence-electron chi connectivity index (χ0n) is 17.5. The third-order valence-electron chi connectivity index (χ3n) is 6.15. The fraction of sp³-hybridized carbons (Fsp3) is 0.250. The minimum absolute atomic E-state index is 0.387. The van der Waals surface area contributed by atoms with E-state index in [1.54, 1.807) is 0 Å². The number of fused-ring (bicyclic) bond motifs is 2. The number of nitrogens with zero attached hydrogens (tertiary/aromatic N) is 1. The molecule has 1 fully saturated rings. The largest absolute Gasteiger partial charge is 0.494 e. The average molecular weight is 464 g/mol.